The van der Waals surface area contributed by atoms with Crippen LogP contribution in [0.4, 0.5) is 10.7 Å². The average Bonchev–Trinajstić information content (AvgIpc) is 3.54. The molecule has 2 aliphatic heterocycles. The maximum Gasteiger partial charge on any atom is 0.341 e. The molecule has 190 valence electrons. The molecule has 3 aromatic rings. The zero-order chi connectivity index (χ0) is 25.8. The molecule has 0 unspecified atom stereocenters. The predicted octanol–water partition coefficient (Wildman–Crippen LogP) is 5.08. The quantitative estimate of drug-likeness (QED) is 0.356. The first-order valence-electron chi connectivity index (χ1n) is 12.6. The van der Waals surface area contributed by atoms with Crippen LogP contribution in [0.1, 0.15) is 56.4 Å². The fourth-order valence-corrected chi connectivity index (χ4v) is 7.15. The fraction of sp³-hybridized carbons (Fsp3) is 0.345. The molecule has 37 heavy (non-hydrogen) atoms. The molecule has 0 saturated carbocycles. The van der Waals surface area contributed by atoms with Crippen molar-refractivity contribution in [3.8, 4) is 0 Å². The lowest BCUT2D eigenvalue weighted by Gasteiger charge is -2.29. The van der Waals surface area contributed by atoms with Crippen LogP contribution in [-0.4, -0.2) is 31.0 Å². The highest BCUT2D eigenvalue weighted by Crippen LogP contribution is 2.50. The summed E-state index contributed by atoms with van der Waals surface area (Å²) in [4.78, 5) is 49.5. The Bertz CT molecular complexity index is 1410. The van der Waals surface area contributed by atoms with Crippen molar-refractivity contribution in [3.63, 3.8) is 0 Å². The van der Waals surface area contributed by atoms with Crippen LogP contribution in [0, 0.1) is 19.8 Å². The van der Waals surface area contributed by atoms with Gasteiger partial charge in [-0.2, -0.15) is 0 Å². The molecular formula is C29H28N2O5S. The van der Waals surface area contributed by atoms with E-state index in [-0.39, 0.29) is 5.91 Å². The number of thiophene rings is 1. The SMILES string of the molecule is COC(=O)c1c(N2C(=O)[C@@H]3[C@@H](c4ccc(C)cc4)N(c4ccccc4C)O[C@H]3C2=O)sc2c1CCCC2. The Morgan fingerprint density at radius 1 is 1.00 bits per heavy atom. The Hall–Kier alpha value is -3.49. The molecule has 3 aliphatic rings. The topological polar surface area (TPSA) is 76.2 Å². The highest BCUT2D eigenvalue weighted by Gasteiger charge is 2.61. The standard InChI is InChI=1S/C29H28N2O5S/c1-16-12-14-18(15-13-16)24-23-25(36-31(24)20-10-6-4-8-17(20)2)27(33)30(26(23)32)28-22(29(34)35-3)19-9-5-7-11-21(19)37-28/h4,6,8,10,12-15,23-25H,5,7,9,11H2,1-3H3/t23-,24-,25-/m1/s1. The second kappa shape index (κ2) is 9.11. The van der Waals surface area contributed by atoms with Gasteiger partial charge >= 0.3 is 5.97 Å². The molecule has 0 N–H and O–H groups in total. The van der Waals surface area contributed by atoms with Crippen molar-refractivity contribution in [2.45, 2.75) is 51.7 Å². The van der Waals surface area contributed by atoms with Crippen LogP contribution < -0.4 is 9.96 Å². The molecule has 2 fully saturated rings. The third-order valence-electron chi connectivity index (χ3n) is 7.63. The zero-order valence-corrected chi connectivity index (χ0v) is 21.8. The van der Waals surface area contributed by atoms with Gasteiger partial charge in [0, 0.05) is 4.88 Å². The van der Waals surface area contributed by atoms with E-state index in [0.29, 0.717) is 10.6 Å². The predicted molar refractivity (Wildman–Crippen MR) is 141 cm³/mol. The molecule has 1 aromatic heterocycles. The van der Waals surface area contributed by atoms with Crippen molar-refractivity contribution in [1.82, 2.24) is 0 Å². The van der Waals surface area contributed by atoms with Crippen molar-refractivity contribution in [2.24, 2.45) is 5.92 Å². The number of aryl methyl sites for hydroxylation is 3. The normalized spacial score (nSPS) is 22.8. The molecule has 0 spiro atoms. The lowest BCUT2D eigenvalue weighted by atomic mass is 9.90. The second-order valence-corrected chi connectivity index (χ2v) is 11.0. The summed E-state index contributed by atoms with van der Waals surface area (Å²) in [5.41, 5.74) is 5.05. The Morgan fingerprint density at radius 3 is 2.46 bits per heavy atom. The minimum atomic E-state index is -0.983. The highest BCUT2D eigenvalue weighted by atomic mass is 32.1. The maximum atomic E-state index is 14.1. The van der Waals surface area contributed by atoms with E-state index >= 15 is 0 Å². The average molecular weight is 517 g/mol. The molecular weight excluding hydrogens is 488 g/mol. The molecule has 3 heterocycles. The van der Waals surface area contributed by atoms with E-state index in [2.05, 4.69) is 0 Å². The Balaban J connectivity index is 1.46. The van der Waals surface area contributed by atoms with Crippen molar-refractivity contribution < 1.29 is 24.0 Å². The van der Waals surface area contributed by atoms with Gasteiger partial charge in [-0.3, -0.25) is 14.4 Å². The Morgan fingerprint density at radius 2 is 1.73 bits per heavy atom. The van der Waals surface area contributed by atoms with E-state index in [1.807, 2.05) is 62.4 Å². The molecule has 2 saturated heterocycles. The largest absolute Gasteiger partial charge is 0.465 e. The second-order valence-electron chi connectivity index (χ2n) is 9.91. The van der Waals surface area contributed by atoms with E-state index in [0.717, 1.165) is 58.5 Å². The van der Waals surface area contributed by atoms with Gasteiger partial charge < -0.3 is 4.74 Å². The van der Waals surface area contributed by atoms with Gasteiger partial charge in [0.15, 0.2) is 6.10 Å². The van der Waals surface area contributed by atoms with Crippen molar-refractivity contribution in [2.75, 3.05) is 17.1 Å². The van der Waals surface area contributed by atoms with E-state index < -0.39 is 29.9 Å². The summed E-state index contributed by atoms with van der Waals surface area (Å²) in [6.45, 7) is 3.99. The van der Waals surface area contributed by atoms with Gasteiger partial charge in [0.05, 0.1) is 24.4 Å². The lowest BCUT2D eigenvalue weighted by Crippen LogP contribution is -2.38. The van der Waals surface area contributed by atoms with E-state index in [4.69, 9.17) is 9.57 Å². The van der Waals surface area contributed by atoms with Gasteiger partial charge in [-0.15, -0.1) is 11.3 Å². The van der Waals surface area contributed by atoms with Crippen LogP contribution in [0.3, 0.4) is 0 Å². The third-order valence-corrected chi connectivity index (χ3v) is 8.91. The number of carbonyl (C=O) groups is 3. The summed E-state index contributed by atoms with van der Waals surface area (Å²) in [7, 11) is 1.33. The minimum absolute atomic E-state index is 0.347. The monoisotopic (exact) mass is 516 g/mol. The van der Waals surface area contributed by atoms with E-state index in [1.54, 1.807) is 5.06 Å². The van der Waals surface area contributed by atoms with Crippen LogP contribution >= 0.6 is 11.3 Å². The first-order valence-corrected chi connectivity index (χ1v) is 13.4. The summed E-state index contributed by atoms with van der Waals surface area (Å²) in [5, 5.41) is 2.10. The number of esters is 1. The van der Waals surface area contributed by atoms with Crippen molar-refractivity contribution in [3.05, 3.63) is 81.2 Å². The molecule has 2 aromatic carbocycles. The molecule has 0 bridgehead atoms. The van der Waals surface area contributed by atoms with Gasteiger partial charge in [-0.05, 0) is 62.3 Å². The number of ether oxygens (including phenoxy) is 1. The molecule has 3 atom stereocenters. The number of hydroxylamine groups is 1. The molecule has 2 amide bonds. The summed E-state index contributed by atoms with van der Waals surface area (Å²) >= 11 is 1.36. The highest BCUT2D eigenvalue weighted by molar-refractivity contribution is 7.17. The van der Waals surface area contributed by atoms with Crippen LogP contribution in [0.25, 0.3) is 0 Å². The summed E-state index contributed by atoms with van der Waals surface area (Å²) in [6, 6.07) is 15.3. The number of hydrogen-bond donors (Lipinski definition) is 0. The maximum absolute atomic E-state index is 14.1. The third kappa shape index (κ3) is 3.69. The van der Waals surface area contributed by atoms with Gasteiger partial charge in [-0.1, -0.05) is 48.0 Å². The number of anilines is 2. The Labute approximate surface area is 219 Å². The number of methoxy groups -OCH3 is 1. The smallest absolute Gasteiger partial charge is 0.341 e. The van der Waals surface area contributed by atoms with Gasteiger partial charge in [-0.25, -0.2) is 14.8 Å². The zero-order valence-electron chi connectivity index (χ0n) is 21.0. The van der Waals surface area contributed by atoms with Gasteiger partial charge in [0.1, 0.15) is 10.9 Å². The van der Waals surface area contributed by atoms with Gasteiger partial charge in [0.25, 0.3) is 5.91 Å². The molecule has 7 nitrogen and oxygen atoms in total. The van der Waals surface area contributed by atoms with Crippen molar-refractivity contribution in [1.29, 1.82) is 0 Å². The number of rotatable bonds is 4. The fourth-order valence-electron chi connectivity index (χ4n) is 5.76. The van der Waals surface area contributed by atoms with E-state index in [9.17, 15) is 14.4 Å². The molecule has 0 radical (unpaired) electrons. The van der Waals surface area contributed by atoms with Crippen LogP contribution in [0.15, 0.2) is 48.5 Å². The summed E-state index contributed by atoms with van der Waals surface area (Å²) < 4.78 is 5.09. The van der Waals surface area contributed by atoms with Crippen LogP contribution in [0.2, 0.25) is 0 Å². The van der Waals surface area contributed by atoms with Gasteiger partial charge in [0.2, 0.25) is 5.91 Å². The van der Waals surface area contributed by atoms with E-state index in [1.165, 1.54) is 23.3 Å². The Kier molecular flexibility index (Phi) is 5.88. The first kappa shape index (κ1) is 23.9. The number of carbonyl (C=O) groups excluding carboxylic acids is 3. The van der Waals surface area contributed by atoms with Crippen LogP contribution in [-0.2, 0) is 32.0 Å². The molecule has 8 heteroatoms. The summed E-state index contributed by atoms with van der Waals surface area (Å²) in [5.74, 6) is -2.05. The number of benzene rings is 2. The number of fused-ring (bicyclic) bond motifs is 2. The molecule has 1 aliphatic carbocycles. The number of amides is 2. The number of hydrogen-bond acceptors (Lipinski definition) is 7. The molecule has 6 rings (SSSR count). The number of nitrogens with zero attached hydrogens (tertiary/aromatic N) is 2. The van der Waals surface area contributed by atoms with Crippen LogP contribution in [0.5, 0.6) is 0 Å². The van der Waals surface area contributed by atoms with Crippen molar-refractivity contribution >= 4 is 39.8 Å². The summed E-state index contributed by atoms with van der Waals surface area (Å²) in [6.07, 6.45) is 2.57. The first-order chi connectivity index (χ1) is 17.9. The minimum Gasteiger partial charge on any atom is -0.465 e. The number of para-hydroxylation sites is 1. The lowest BCUT2D eigenvalue weighted by molar-refractivity contribution is -0.126. The number of imide groups is 1.